The van der Waals surface area contributed by atoms with Gasteiger partial charge >= 0.3 is 0 Å². The topological polar surface area (TPSA) is 89.6 Å². The summed E-state index contributed by atoms with van der Waals surface area (Å²) in [5.41, 5.74) is 1.96. The molecular weight excluding hydrogens is 370 g/mol. The van der Waals surface area contributed by atoms with Gasteiger partial charge in [0, 0.05) is 37.3 Å². The zero-order valence-electron chi connectivity index (χ0n) is 16.2. The molecular formula is C22H25N3O4. The summed E-state index contributed by atoms with van der Waals surface area (Å²) < 4.78 is 10.7. The van der Waals surface area contributed by atoms with Crippen molar-refractivity contribution in [3.63, 3.8) is 0 Å². The average Bonchev–Trinajstić information content (AvgIpc) is 3.24. The second kappa shape index (κ2) is 8.94. The molecule has 1 fully saturated rings. The van der Waals surface area contributed by atoms with E-state index in [1.54, 1.807) is 12.4 Å². The van der Waals surface area contributed by atoms with Crippen LogP contribution in [0.3, 0.4) is 0 Å². The van der Waals surface area contributed by atoms with Crippen molar-refractivity contribution < 1.29 is 19.1 Å². The molecule has 0 spiro atoms. The Kier molecular flexibility index (Phi) is 5.93. The van der Waals surface area contributed by atoms with Crippen LogP contribution >= 0.6 is 0 Å². The molecule has 2 aromatic rings. The standard InChI is InChI=1S/C22H25N3O4/c26-21(24-12-15-3-8-19-20(10-15)29-14-28-19)17-4-6-18(7-5-17)22(27)25-13-16-2-1-9-23-11-16/h1-3,8-11,17-18H,4-7,12-14H2,(H,24,26)(H,25,27). The number of hydrogen-bond acceptors (Lipinski definition) is 5. The first-order chi connectivity index (χ1) is 14.2. The molecule has 4 rings (SSSR count). The quantitative estimate of drug-likeness (QED) is 0.785. The molecule has 1 saturated carbocycles. The summed E-state index contributed by atoms with van der Waals surface area (Å²) in [6.07, 6.45) is 6.41. The molecule has 2 aliphatic rings. The zero-order valence-corrected chi connectivity index (χ0v) is 16.2. The Morgan fingerprint density at radius 3 is 2.21 bits per heavy atom. The SMILES string of the molecule is O=C(NCc1cccnc1)C1CCC(C(=O)NCc2ccc3c(c2)OCO3)CC1. The van der Waals surface area contributed by atoms with E-state index in [0.29, 0.717) is 13.1 Å². The second-order valence-corrected chi connectivity index (χ2v) is 7.53. The van der Waals surface area contributed by atoms with E-state index in [1.165, 1.54) is 0 Å². The van der Waals surface area contributed by atoms with Gasteiger partial charge in [-0.1, -0.05) is 12.1 Å². The highest BCUT2D eigenvalue weighted by Gasteiger charge is 2.29. The molecule has 0 atom stereocenters. The van der Waals surface area contributed by atoms with Crippen LogP contribution in [0, 0.1) is 11.8 Å². The number of rotatable bonds is 6. The van der Waals surface area contributed by atoms with E-state index in [-0.39, 0.29) is 30.4 Å². The molecule has 0 saturated heterocycles. The molecule has 0 unspecified atom stereocenters. The molecule has 1 aliphatic carbocycles. The van der Waals surface area contributed by atoms with Crippen molar-refractivity contribution in [3.8, 4) is 11.5 Å². The van der Waals surface area contributed by atoms with Crippen LogP contribution in [-0.4, -0.2) is 23.6 Å². The zero-order chi connectivity index (χ0) is 20.1. The molecule has 2 heterocycles. The maximum absolute atomic E-state index is 12.5. The number of fused-ring (bicyclic) bond motifs is 1. The van der Waals surface area contributed by atoms with E-state index in [1.807, 2.05) is 30.3 Å². The lowest BCUT2D eigenvalue weighted by atomic mass is 9.81. The summed E-state index contributed by atoms with van der Waals surface area (Å²) in [6, 6.07) is 9.48. The van der Waals surface area contributed by atoms with Crippen molar-refractivity contribution >= 4 is 11.8 Å². The molecule has 1 aliphatic heterocycles. The van der Waals surface area contributed by atoms with Crippen LogP contribution in [0.15, 0.2) is 42.7 Å². The minimum atomic E-state index is -0.0358. The molecule has 152 valence electrons. The van der Waals surface area contributed by atoms with E-state index in [0.717, 1.165) is 48.3 Å². The highest BCUT2D eigenvalue weighted by Crippen LogP contribution is 2.33. The van der Waals surface area contributed by atoms with Gasteiger partial charge in [0.2, 0.25) is 18.6 Å². The molecule has 7 heteroatoms. The van der Waals surface area contributed by atoms with Gasteiger partial charge in [0.1, 0.15) is 0 Å². The first kappa shape index (κ1) is 19.2. The predicted molar refractivity (Wildman–Crippen MR) is 106 cm³/mol. The summed E-state index contributed by atoms with van der Waals surface area (Å²) >= 11 is 0. The van der Waals surface area contributed by atoms with E-state index in [9.17, 15) is 9.59 Å². The van der Waals surface area contributed by atoms with Crippen molar-refractivity contribution in [1.29, 1.82) is 0 Å². The summed E-state index contributed by atoms with van der Waals surface area (Å²) in [7, 11) is 0. The monoisotopic (exact) mass is 395 g/mol. The molecule has 1 aromatic heterocycles. The van der Waals surface area contributed by atoms with Crippen molar-refractivity contribution in [2.24, 2.45) is 11.8 Å². The Bertz CT molecular complexity index is 864. The Morgan fingerprint density at radius 1 is 0.897 bits per heavy atom. The van der Waals surface area contributed by atoms with Crippen LogP contribution in [-0.2, 0) is 22.7 Å². The van der Waals surface area contributed by atoms with E-state index >= 15 is 0 Å². The number of aromatic nitrogens is 1. The van der Waals surface area contributed by atoms with Gasteiger partial charge in [-0.3, -0.25) is 14.6 Å². The van der Waals surface area contributed by atoms with Gasteiger partial charge < -0.3 is 20.1 Å². The van der Waals surface area contributed by atoms with Crippen molar-refractivity contribution in [3.05, 3.63) is 53.9 Å². The largest absolute Gasteiger partial charge is 0.454 e. The van der Waals surface area contributed by atoms with Crippen LogP contribution in [0.25, 0.3) is 0 Å². The van der Waals surface area contributed by atoms with Crippen molar-refractivity contribution in [2.75, 3.05) is 6.79 Å². The fraction of sp³-hybridized carbons (Fsp3) is 0.409. The van der Waals surface area contributed by atoms with Crippen molar-refractivity contribution in [2.45, 2.75) is 38.8 Å². The minimum Gasteiger partial charge on any atom is -0.454 e. The van der Waals surface area contributed by atoms with Gasteiger partial charge in [0.05, 0.1) is 0 Å². The lowest BCUT2D eigenvalue weighted by Gasteiger charge is -2.27. The Labute approximate surface area is 169 Å². The lowest BCUT2D eigenvalue weighted by molar-refractivity contribution is -0.130. The van der Waals surface area contributed by atoms with Gasteiger partial charge in [-0.2, -0.15) is 0 Å². The minimum absolute atomic E-state index is 0.0235. The summed E-state index contributed by atoms with van der Waals surface area (Å²) in [6.45, 7) is 1.19. The highest BCUT2D eigenvalue weighted by atomic mass is 16.7. The Hall–Kier alpha value is -3.09. The normalized spacial score (nSPS) is 20.1. The third-order valence-corrected chi connectivity index (χ3v) is 5.56. The van der Waals surface area contributed by atoms with Crippen LogP contribution in [0.2, 0.25) is 0 Å². The summed E-state index contributed by atoms with van der Waals surface area (Å²) in [4.78, 5) is 29.0. The number of amides is 2. The molecule has 0 bridgehead atoms. The van der Waals surface area contributed by atoms with Gasteiger partial charge in [0.15, 0.2) is 11.5 Å². The van der Waals surface area contributed by atoms with E-state index < -0.39 is 0 Å². The van der Waals surface area contributed by atoms with Gasteiger partial charge in [-0.15, -0.1) is 0 Å². The van der Waals surface area contributed by atoms with Crippen LogP contribution in [0.4, 0.5) is 0 Å². The number of hydrogen-bond donors (Lipinski definition) is 2. The highest BCUT2D eigenvalue weighted by molar-refractivity contribution is 5.81. The number of pyridine rings is 1. The van der Waals surface area contributed by atoms with E-state index in [4.69, 9.17) is 9.47 Å². The predicted octanol–water partition coefficient (Wildman–Crippen LogP) is 2.55. The number of carbonyl (C=O) groups is 2. The van der Waals surface area contributed by atoms with Gasteiger partial charge in [0.25, 0.3) is 0 Å². The average molecular weight is 395 g/mol. The van der Waals surface area contributed by atoms with Crippen LogP contribution < -0.4 is 20.1 Å². The fourth-order valence-corrected chi connectivity index (χ4v) is 3.84. The summed E-state index contributed by atoms with van der Waals surface area (Å²) in [5.74, 6) is 1.51. The lowest BCUT2D eigenvalue weighted by Crippen LogP contribution is -2.37. The molecule has 29 heavy (non-hydrogen) atoms. The van der Waals surface area contributed by atoms with Gasteiger partial charge in [-0.25, -0.2) is 0 Å². The molecule has 1 aromatic carbocycles. The number of benzene rings is 1. The number of nitrogens with one attached hydrogen (secondary N) is 2. The fourth-order valence-electron chi connectivity index (χ4n) is 3.84. The molecule has 2 amide bonds. The first-order valence-electron chi connectivity index (χ1n) is 10.0. The first-order valence-corrected chi connectivity index (χ1v) is 10.0. The van der Waals surface area contributed by atoms with Gasteiger partial charge in [-0.05, 0) is 55.0 Å². The maximum Gasteiger partial charge on any atom is 0.231 e. The number of ether oxygens (including phenoxy) is 2. The van der Waals surface area contributed by atoms with E-state index in [2.05, 4.69) is 15.6 Å². The molecule has 0 radical (unpaired) electrons. The molecule has 7 nitrogen and oxygen atoms in total. The summed E-state index contributed by atoms with van der Waals surface area (Å²) in [5, 5.41) is 5.99. The Morgan fingerprint density at radius 2 is 1.55 bits per heavy atom. The van der Waals surface area contributed by atoms with Crippen LogP contribution in [0.1, 0.15) is 36.8 Å². The maximum atomic E-state index is 12.5. The third kappa shape index (κ3) is 4.85. The van der Waals surface area contributed by atoms with Crippen LogP contribution in [0.5, 0.6) is 11.5 Å². The Balaban J connectivity index is 1.19. The number of carbonyl (C=O) groups excluding carboxylic acids is 2. The van der Waals surface area contributed by atoms with Crippen molar-refractivity contribution in [1.82, 2.24) is 15.6 Å². The smallest absolute Gasteiger partial charge is 0.231 e. The number of nitrogens with zero attached hydrogens (tertiary/aromatic N) is 1. The molecule has 2 N–H and O–H groups in total. The third-order valence-electron chi connectivity index (χ3n) is 5.56. The second-order valence-electron chi connectivity index (χ2n) is 7.53.